The number of hydrogen-bond donors (Lipinski definition) is 5. The van der Waals surface area contributed by atoms with Crippen LogP contribution < -0.4 is 16.0 Å². The maximum absolute atomic E-state index is 12.6. The lowest BCUT2D eigenvalue weighted by atomic mass is 10.1. The van der Waals surface area contributed by atoms with Crippen LogP contribution in [-0.2, 0) is 20.2 Å². The van der Waals surface area contributed by atoms with E-state index in [2.05, 4.69) is 30.9 Å². The molecule has 0 saturated heterocycles. The fraction of sp³-hybridized carbons (Fsp3) is 0.0800. The molecule has 3 aromatic carbocycles. The van der Waals surface area contributed by atoms with Crippen LogP contribution in [0.1, 0.15) is 27.6 Å². The molecule has 17 heteroatoms. The summed E-state index contributed by atoms with van der Waals surface area (Å²) in [4.78, 5) is 38.2. The molecule has 2 heterocycles. The maximum Gasteiger partial charge on any atom is 0.294 e. The highest BCUT2D eigenvalue weighted by atomic mass is 32.2. The fourth-order valence-electron chi connectivity index (χ4n) is 4.06. The molecule has 1 aliphatic heterocycles. The molecule has 0 atom stereocenters. The number of amides is 2. The van der Waals surface area contributed by atoms with Gasteiger partial charge in [0.05, 0.1) is 20.9 Å². The Balaban J connectivity index is 1.51. The Hall–Kier alpha value is -4.97. The van der Waals surface area contributed by atoms with Gasteiger partial charge in [-0.3, -0.25) is 23.6 Å². The van der Waals surface area contributed by atoms with E-state index < -0.39 is 32.1 Å². The minimum atomic E-state index is -4.49. The van der Waals surface area contributed by atoms with Crippen LogP contribution in [0.3, 0.4) is 0 Å². The number of benzene rings is 3. The molecule has 15 nitrogen and oxygen atoms in total. The van der Waals surface area contributed by atoms with E-state index in [4.69, 9.17) is 0 Å². The van der Waals surface area contributed by atoms with Crippen molar-refractivity contribution in [3.05, 3.63) is 77.9 Å². The Morgan fingerprint density at radius 2 is 1.07 bits per heavy atom. The molecule has 216 valence electrons. The molecule has 4 aromatic rings. The summed E-state index contributed by atoms with van der Waals surface area (Å²) in [6, 6.07) is 15.0. The summed E-state index contributed by atoms with van der Waals surface area (Å²) in [6.07, 6.45) is 0. The van der Waals surface area contributed by atoms with Crippen LogP contribution >= 0.6 is 0 Å². The van der Waals surface area contributed by atoms with Crippen LogP contribution in [-0.4, -0.2) is 64.2 Å². The summed E-state index contributed by atoms with van der Waals surface area (Å²) in [5.41, 5.74) is 1.20. The van der Waals surface area contributed by atoms with Crippen LogP contribution in [0.4, 0.5) is 34.9 Å². The second-order valence-corrected chi connectivity index (χ2v) is 11.6. The van der Waals surface area contributed by atoms with Crippen molar-refractivity contribution >= 4 is 67.0 Å². The highest BCUT2D eigenvalue weighted by Gasteiger charge is 2.34. The van der Waals surface area contributed by atoms with Crippen molar-refractivity contribution < 1.29 is 35.5 Å². The van der Waals surface area contributed by atoms with Gasteiger partial charge >= 0.3 is 0 Å². The van der Waals surface area contributed by atoms with Crippen LogP contribution in [0.25, 0.3) is 0 Å². The quantitative estimate of drug-likeness (QED) is 0.135. The molecule has 5 rings (SSSR count). The van der Waals surface area contributed by atoms with Gasteiger partial charge in [-0.25, -0.2) is 0 Å². The Labute approximate surface area is 239 Å². The van der Waals surface area contributed by atoms with Gasteiger partial charge in [-0.2, -0.15) is 31.8 Å². The van der Waals surface area contributed by atoms with Crippen molar-refractivity contribution in [2.45, 2.75) is 16.7 Å². The zero-order chi connectivity index (χ0) is 30.2. The summed E-state index contributed by atoms with van der Waals surface area (Å²) in [7, 11) is -8.99. The molecule has 0 saturated carbocycles. The predicted molar refractivity (Wildman–Crippen MR) is 150 cm³/mol. The van der Waals surface area contributed by atoms with Crippen molar-refractivity contribution in [1.29, 1.82) is 0 Å². The van der Waals surface area contributed by atoms with Crippen molar-refractivity contribution in [2.75, 3.05) is 22.5 Å². The highest BCUT2D eigenvalue weighted by molar-refractivity contribution is 7.86. The SMILES string of the molecule is CCN1C(=O)c2ccc(Nc3nc(Nc4cccc(S(=O)(=O)O)c4)nc(Nc4cccc(S(=O)(=O)O)c4)n3)cc2C1=O. The Morgan fingerprint density at radius 3 is 1.50 bits per heavy atom. The number of anilines is 6. The summed E-state index contributed by atoms with van der Waals surface area (Å²) >= 11 is 0. The van der Waals surface area contributed by atoms with Crippen molar-refractivity contribution in [3.8, 4) is 0 Å². The van der Waals surface area contributed by atoms with Gasteiger partial charge in [-0.1, -0.05) is 12.1 Å². The van der Waals surface area contributed by atoms with E-state index in [1.165, 1.54) is 48.5 Å². The lowest BCUT2D eigenvalue weighted by molar-refractivity contribution is 0.0662. The van der Waals surface area contributed by atoms with Crippen LogP contribution in [0.2, 0.25) is 0 Å². The van der Waals surface area contributed by atoms with Gasteiger partial charge < -0.3 is 16.0 Å². The number of nitrogens with one attached hydrogen (secondary N) is 3. The first-order valence-corrected chi connectivity index (χ1v) is 14.9. The van der Waals surface area contributed by atoms with Crippen molar-refractivity contribution in [1.82, 2.24) is 19.9 Å². The number of rotatable bonds is 9. The molecule has 0 aliphatic carbocycles. The van der Waals surface area contributed by atoms with Gasteiger partial charge in [0, 0.05) is 23.6 Å². The number of aromatic nitrogens is 3. The van der Waals surface area contributed by atoms with E-state index in [0.717, 1.165) is 17.0 Å². The lowest BCUT2D eigenvalue weighted by Crippen LogP contribution is -2.29. The van der Waals surface area contributed by atoms with Gasteiger partial charge in [0.1, 0.15) is 0 Å². The average Bonchev–Trinajstić information content (AvgIpc) is 3.16. The molecular formula is C25H21N7O8S2. The zero-order valence-electron chi connectivity index (χ0n) is 21.5. The molecule has 0 bridgehead atoms. The summed E-state index contributed by atoms with van der Waals surface area (Å²) in [5, 5.41) is 8.56. The number of nitrogens with zero attached hydrogens (tertiary/aromatic N) is 4. The molecule has 0 radical (unpaired) electrons. The lowest BCUT2D eigenvalue weighted by Gasteiger charge is -2.12. The van der Waals surface area contributed by atoms with E-state index in [9.17, 15) is 35.5 Å². The van der Waals surface area contributed by atoms with E-state index >= 15 is 0 Å². The number of carbonyl (C=O) groups is 2. The number of fused-ring (bicyclic) bond motifs is 1. The molecule has 1 aliphatic rings. The molecular weight excluding hydrogens is 590 g/mol. The first kappa shape index (κ1) is 28.6. The normalized spacial score (nSPS) is 13.2. The number of hydrogen-bond acceptors (Lipinski definition) is 12. The van der Waals surface area contributed by atoms with E-state index in [0.29, 0.717) is 5.69 Å². The monoisotopic (exact) mass is 611 g/mol. The van der Waals surface area contributed by atoms with Gasteiger partial charge in [0.25, 0.3) is 32.1 Å². The first-order valence-electron chi connectivity index (χ1n) is 12.0. The largest absolute Gasteiger partial charge is 0.324 e. The van der Waals surface area contributed by atoms with E-state index in [1.807, 2.05) is 0 Å². The van der Waals surface area contributed by atoms with E-state index in [-0.39, 0.29) is 56.7 Å². The molecule has 2 amide bonds. The minimum absolute atomic E-state index is 0.0593. The smallest absolute Gasteiger partial charge is 0.294 e. The summed E-state index contributed by atoms with van der Waals surface area (Å²) in [5.74, 6) is -1.10. The van der Waals surface area contributed by atoms with Gasteiger partial charge in [0.15, 0.2) is 0 Å². The molecule has 0 unspecified atom stereocenters. The first-order chi connectivity index (χ1) is 19.8. The third kappa shape index (κ3) is 6.03. The standard InChI is InChI=1S/C25H21N7O8S2/c1-2-32-21(33)19-10-9-16(13-20(19)22(32)34)28-25-30-23(26-14-5-3-7-17(11-14)41(35,36)37)29-24(31-25)27-15-6-4-8-18(12-15)42(38,39)40/h3-13H,2H2,1H3,(H,35,36,37)(H,38,39,40)(H3,26,27,28,29,30,31). The van der Waals surface area contributed by atoms with Crippen LogP contribution in [0, 0.1) is 0 Å². The average molecular weight is 612 g/mol. The van der Waals surface area contributed by atoms with Crippen molar-refractivity contribution in [2.24, 2.45) is 0 Å². The Morgan fingerprint density at radius 1 is 0.643 bits per heavy atom. The minimum Gasteiger partial charge on any atom is -0.324 e. The summed E-state index contributed by atoms with van der Waals surface area (Å²) in [6.45, 7) is 1.90. The van der Waals surface area contributed by atoms with Crippen molar-refractivity contribution in [3.63, 3.8) is 0 Å². The molecule has 5 N–H and O–H groups in total. The zero-order valence-corrected chi connectivity index (χ0v) is 23.1. The predicted octanol–water partition coefficient (Wildman–Crippen LogP) is 3.21. The second-order valence-electron chi connectivity index (χ2n) is 8.80. The molecule has 42 heavy (non-hydrogen) atoms. The van der Waals surface area contributed by atoms with Crippen LogP contribution in [0.15, 0.2) is 76.5 Å². The maximum atomic E-state index is 12.6. The second kappa shape index (κ2) is 10.8. The molecule has 0 fully saturated rings. The fourth-order valence-corrected chi connectivity index (χ4v) is 5.11. The summed E-state index contributed by atoms with van der Waals surface area (Å²) < 4.78 is 65.1. The molecule has 1 aromatic heterocycles. The number of carbonyl (C=O) groups excluding carboxylic acids is 2. The van der Waals surface area contributed by atoms with Gasteiger partial charge in [-0.15, -0.1) is 0 Å². The Kier molecular flexibility index (Phi) is 7.33. The third-order valence-corrected chi connectivity index (χ3v) is 7.65. The number of imide groups is 1. The third-order valence-electron chi connectivity index (χ3n) is 5.95. The van der Waals surface area contributed by atoms with E-state index in [1.54, 1.807) is 13.0 Å². The highest BCUT2D eigenvalue weighted by Crippen LogP contribution is 2.28. The molecule has 0 spiro atoms. The van der Waals surface area contributed by atoms with Crippen LogP contribution in [0.5, 0.6) is 0 Å². The topological polar surface area (TPSA) is 221 Å². The Bertz CT molecular complexity index is 1870. The van der Waals surface area contributed by atoms with Gasteiger partial charge in [0.2, 0.25) is 17.8 Å². The van der Waals surface area contributed by atoms with Gasteiger partial charge in [-0.05, 0) is 61.5 Å².